The van der Waals surface area contributed by atoms with Crippen molar-refractivity contribution in [1.82, 2.24) is 19.9 Å². The van der Waals surface area contributed by atoms with E-state index in [1.54, 1.807) is 0 Å². The number of carbonyl (C=O) groups excluding carboxylic acids is 1. The van der Waals surface area contributed by atoms with Crippen molar-refractivity contribution in [2.45, 2.75) is 25.7 Å². The summed E-state index contributed by atoms with van der Waals surface area (Å²) >= 11 is 6.26. The second-order valence-corrected chi connectivity index (χ2v) is 9.18. The van der Waals surface area contributed by atoms with Crippen molar-refractivity contribution in [2.75, 3.05) is 18.6 Å². The molecule has 2 aromatic rings. The average Bonchev–Trinajstić information content (AvgIpc) is 2.84. The lowest BCUT2D eigenvalue weighted by atomic mass is 9.86. The summed E-state index contributed by atoms with van der Waals surface area (Å²) in [4.78, 5) is 20.8. The topological polar surface area (TPSA) is 93.9 Å². The highest BCUT2D eigenvalue weighted by Gasteiger charge is 2.30. The molecule has 1 N–H and O–H groups in total. The van der Waals surface area contributed by atoms with Gasteiger partial charge in [-0.1, -0.05) is 11.6 Å². The van der Waals surface area contributed by atoms with Crippen molar-refractivity contribution in [3.05, 3.63) is 22.7 Å². The Labute approximate surface area is 151 Å². The summed E-state index contributed by atoms with van der Waals surface area (Å²) < 4.78 is 24.3. The van der Waals surface area contributed by atoms with E-state index in [4.69, 9.17) is 11.6 Å². The Balaban J connectivity index is 1.72. The Morgan fingerprint density at radius 1 is 1.44 bits per heavy atom. The maximum atomic E-state index is 12.4. The molecule has 1 amide bonds. The van der Waals surface area contributed by atoms with Crippen molar-refractivity contribution < 1.29 is 13.2 Å². The summed E-state index contributed by atoms with van der Waals surface area (Å²) in [7, 11) is -1.04. The molecule has 0 saturated heterocycles. The molecule has 2 aromatic heterocycles. The van der Waals surface area contributed by atoms with Gasteiger partial charge >= 0.3 is 0 Å². The third-order valence-electron chi connectivity index (χ3n) is 4.70. The fraction of sp³-hybridized carbons (Fsp3) is 0.562. The molecule has 0 radical (unpaired) electrons. The van der Waals surface area contributed by atoms with Crippen LogP contribution in [-0.2, 0) is 34.5 Å². The van der Waals surface area contributed by atoms with Crippen LogP contribution in [0, 0.1) is 5.92 Å². The molecule has 9 heteroatoms. The molecule has 0 saturated carbocycles. The number of halogens is 1. The number of sulfone groups is 1. The Morgan fingerprint density at radius 2 is 2.20 bits per heavy atom. The van der Waals surface area contributed by atoms with Crippen LogP contribution in [0.3, 0.4) is 0 Å². The number of fused-ring (bicyclic) bond motifs is 3. The van der Waals surface area contributed by atoms with Gasteiger partial charge in [0.05, 0.1) is 11.1 Å². The maximum Gasteiger partial charge on any atom is 0.223 e. The van der Waals surface area contributed by atoms with Gasteiger partial charge in [-0.3, -0.25) is 4.79 Å². The van der Waals surface area contributed by atoms with E-state index in [1.165, 1.54) is 12.6 Å². The monoisotopic (exact) mass is 384 g/mol. The SMILES string of the molecule is Cn1c2c(c3c(Cl)ncnc31)CC(C(=O)NCCCS(C)(=O)=O)CC2. The molecule has 1 aliphatic carbocycles. The normalized spacial score (nSPS) is 17.5. The minimum atomic E-state index is -3.00. The number of nitrogens with one attached hydrogen (secondary N) is 1. The predicted molar refractivity (Wildman–Crippen MR) is 96.4 cm³/mol. The maximum absolute atomic E-state index is 12.4. The first-order valence-electron chi connectivity index (χ1n) is 8.20. The molecule has 2 heterocycles. The fourth-order valence-electron chi connectivity index (χ4n) is 3.46. The Hall–Kier alpha value is -1.67. The molecule has 1 unspecified atom stereocenters. The van der Waals surface area contributed by atoms with Crippen molar-refractivity contribution in [3.63, 3.8) is 0 Å². The minimum absolute atomic E-state index is 0.0378. The van der Waals surface area contributed by atoms with Crippen molar-refractivity contribution in [1.29, 1.82) is 0 Å². The number of nitrogens with zero attached hydrogens (tertiary/aromatic N) is 3. The highest BCUT2D eigenvalue weighted by molar-refractivity contribution is 7.90. The second kappa shape index (κ2) is 6.92. The van der Waals surface area contributed by atoms with Gasteiger partial charge in [-0.15, -0.1) is 0 Å². The molecule has 0 fully saturated rings. The van der Waals surface area contributed by atoms with Gasteiger partial charge in [0.25, 0.3) is 0 Å². The summed E-state index contributed by atoms with van der Waals surface area (Å²) in [5.74, 6) is -0.102. The quantitative estimate of drug-likeness (QED) is 0.619. The average molecular weight is 385 g/mol. The molecule has 1 aliphatic rings. The van der Waals surface area contributed by atoms with E-state index in [-0.39, 0.29) is 17.6 Å². The van der Waals surface area contributed by atoms with E-state index in [9.17, 15) is 13.2 Å². The van der Waals surface area contributed by atoms with Crippen LogP contribution >= 0.6 is 11.6 Å². The molecule has 25 heavy (non-hydrogen) atoms. The Kier molecular flexibility index (Phi) is 5.02. The molecule has 136 valence electrons. The van der Waals surface area contributed by atoms with Crippen LogP contribution in [0.25, 0.3) is 11.0 Å². The van der Waals surface area contributed by atoms with E-state index >= 15 is 0 Å². The lowest BCUT2D eigenvalue weighted by molar-refractivity contribution is -0.125. The van der Waals surface area contributed by atoms with Gasteiger partial charge < -0.3 is 9.88 Å². The first-order chi connectivity index (χ1) is 11.8. The van der Waals surface area contributed by atoms with Crippen LogP contribution in [0.2, 0.25) is 5.15 Å². The van der Waals surface area contributed by atoms with E-state index in [1.807, 2.05) is 11.6 Å². The zero-order chi connectivity index (χ0) is 18.2. The van der Waals surface area contributed by atoms with Gasteiger partial charge in [0, 0.05) is 31.5 Å². The smallest absolute Gasteiger partial charge is 0.223 e. The summed E-state index contributed by atoms with van der Waals surface area (Å²) in [6.45, 7) is 0.370. The first-order valence-corrected chi connectivity index (χ1v) is 10.6. The number of rotatable bonds is 5. The van der Waals surface area contributed by atoms with Crippen LogP contribution < -0.4 is 5.32 Å². The highest BCUT2D eigenvalue weighted by atomic mass is 35.5. The van der Waals surface area contributed by atoms with Crippen molar-refractivity contribution >= 4 is 38.4 Å². The number of aryl methyl sites for hydroxylation is 1. The van der Waals surface area contributed by atoms with E-state index in [0.717, 1.165) is 35.1 Å². The number of aromatic nitrogens is 3. The van der Waals surface area contributed by atoms with Gasteiger partial charge in [0.2, 0.25) is 5.91 Å². The first kappa shape index (κ1) is 18.1. The molecule has 1 atom stereocenters. The van der Waals surface area contributed by atoms with Crippen LogP contribution in [0.5, 0.6) is 0 Å². The van der Waals surface area contributed by atoms with Crippen LogP contribution in [0.1, 0.15) is 24.1 Å². The third kappa shape index (κ3) is 3.79. The zero-order valence-corrected chi connectivity index (χ0v) is 15.8. The van der Waals surface area contributed by atoms with Crippen LogP contribution in [-0.4, -0.2) is 47.4 Å². The molecular weight excluding hydrogens is 364 g/mol. The predicted octanol–water partition coefficient (Wildman–Crippen LogP) is 1.28. The van der Waals surface area contributed by atoms with Gasteiger partial charge in [0.1, 0.15) is 27.0 Å². The number of carbonyl (C=O) groups is 1. The zero-order valence-electron chi connectivity index (χ0n) is 14.2. The van der Waals surface area contributed by atoms with Crippen molar-refractivity contribution in [2.24, 2.45) is 13.0 Å². The summed E-state index contributed by atoms with van der Waals surface area (Å²) in [6, 6.07) is 0. The van der Waals surface area contributed by atoms with Crippen LogP contribution in [0.15, 0.2) is 6.33 Å². The summed E-state index contributed by atoms with van der Waals surface area (Å²) in [5, 5.41) is 4.09. The highest BCUT2D eigenvalue weighted by Crippen LogP contribution is 2.35. The third-order valence-corrected chi connectivity index (χ3v) is 6.01. The number of hydrogen-bond donors (Lipinski definition) is 1. The number of hydrogen-bond acceptors (Lipinski definition) is 5. The Bertz CT molecular complexity index is 923. The molecule has 0 bridgehead atoms. The molecule has 0 aliphatic heterocycles. The molecule has 3 rings (SSSR count). The van der Waals surface area contributed by atoms with Gasteiger partial charge in [0.15, 0.2) is 0 Å². The lowest BCUT2D eigenvalue weighted by Crippen LogP contribution is -2.35. The van der Waals surface area contributed by atoms with Crippen molar-refractivity contribution in [3.8, 4) is 0 Å². The summed E-state index contributed by atoms with van der Waals surface area (Å²) in [6.07, 6.45) is 5.19. The second-order valence-electron chi connectivity index (χ2n) is 6.56. The molecule has 0 aromatic carbocycles. The minimum Gasteiger partial charge on any atom is -0.356 e. The number of amides is 1. The Morgan fingerprint density at radius 3 is 2.92 bits per heavy atom. The van der Waals surface area contributed by atoms with E-state index < -0.39 is 9.84 Å². The van der Waals surface area contributed by atoms with Gasteiger partial charge in [-0.05, 0) is 31.2 Å². The molecule has 7 nitrogen and oxygen atoms in total. The molecule has 0 spiro atoms. The fourth-order valence-corrected chi connectivity index (χ4v) is 4.37. The largest absolute Gasteiger partial charge is 0.356 e. The summed E-state index contributed by atoms with van der Waals surface area (Å²) in [5.41, 5.74) is 2.99. The van der Waals surface area contributed by atoms with Gasteiger partial charge in [-0.25, -0.2) is 18.4 Å². The lowest BCUT2D eigenvalue weighted by Gasteiger charge is -2.22. The van der Waals surface area contributed by atoms with Crippen LogP contribution in [0.4, 0.5) is 0 Å². The van der Waals surface area contributed by atoms with E-state index in [0.29, 0.717) is 24.5 Å². The van der Waals surface area contributed by atoms with Gasteiger partial charge in [-0.2, -0.15) is 0 Å². The van der Waals surface area contributed by atoms with E-state index in [2.05, 4.69) is 15.3 Å². The standard InChI is InChI=1S/C16H21ClN4O3S/c1-21-12-5-4-10(16(22)18-6-3-7-25(2,23)24)8-11(12)13-14(17)19-9-20-15(13)21/h9-10H,3-8H2,1-2H3,(H,18,22). The molecular formula is C16H21ClN4O3S.